The van der Waals surface area contributed by atoms with Gasteiger partial charge in [0.15, 0.2) is 11.0 Å². The molecule has 0 unspecified atom stereocenters. The highest BCUT2D eigenvalue weighted by atomic mass is 79.9. The maximum Gasteiger partial charge on any atom is 0.234 e. The Hall–Kier alpha value is -3.88. The molecule has 0 atom stereocenters. The molecule has 1 aromatic heterocycles. The number of carbonyl (C=O) groups is 1. The van der Waals surface area contributed by atoms with Crippen LogP contribution in [0.1, 0.15) is 5.56 Å². The molecule has 0 aliphatic carbocycles. The van der Waals surface area contributed by atoms with E-state index >= 15 is 0 Å². The molecule has 0 aliphatic heterocycles. The van der Waals surface area contributed by atoms with Gasteiger partial charge < -0.3 is 10.1 Å². The number of hydrogen-bond acceptors (Lipinski definition) is 5. The molecule has 0 fully saturated rings. The predicted octanol–water partition coefficient (Wildman–Crippen LogP) is 7.01. The van der Waals surface area contributed by atoms with Crippen LogP contribution in [0.5, 0.6) is 5.75 Å². The summed E-state index contributed by atoms with van der Waals surface area (Å²) in [6.07, 6.45) is 0. The van der Waals surface area contributed by atoms with Crippen LogP contribution < -0.4 is 10.1 Å². The number of nitrogens with one attached hydrogen (secondary N) is 1. The Morgan fingerprint density at radius 2 is 1.51 bits per heavy atom. The zero-order valence-corrected chi connectivity index (χ0v) is 22.2. The Kier molecular flexibility index (Phi) is 7.98. The van der Waals surface area contributed by atoms with Gasteiger partial charge in [-0.05, 0) is 54.1 Å². The largest absolute Gasteiger partial charge is 0.489 e. The van der Waals surface area contributed by atoms with E-state index in [1.54, 1.807) is 0 Å². The molecule has 37 heavy (non-hydrogen) atoms. The first-order chi connectivity index (χ1) is 18.2. The number of para-hydroxylation sites is 1. The summed E-state index contributed by atoms with van der Waals surface area (Å²) in [5.74, 6) is 1.52. The van der Waals surface area contributed by atoms with Gasteiger partial charge in [0.25, 0.3) is 0 Å². The molecule has 5 aromatic rings. The second kappa shape index (κ2) is 11.9. The maximum absolute atomic E-state index is 12.7. The topological polar surface area (TPSA) is 69.0 Å². The van der Waals surface area contributed by atoms with E-state index in [1.807, 2.05) is 114 Å². The molecule has 0 saturated heterocycles. The highest BCUT2D eigenvalue weighted by Crippen LogP contribution is 2.29. The van der Waals surface area contributed by atoms with Gasteiger partial charge in [0, 0.05) is 21.4 Å². The van der Waals surface area contributed by atoms with E-state index in [4.69, 9.17) is 4.74 Å². The van der Waals surface area contributed by atoms with Crippen molar-refractivity contribution in [2.24, 2.45) is 0 Å². The van der Waals surface area contributed by atoms with Gasteiger partial charge in [-0.2, -0.15) is 0 Å². The molecule has 1 amide bonds. The van der Waals surface area contributed by atoms with Crippen molar-refractivity contribution in [3.63, 3.8) is 0 Å². The molecule has 4 aromatic carbocycles. The molecule has 8 heteroatoms. The van der Waals surface area contributed by atoms with E-state index in [2.05, 4.69) is 31.4 Å². The molecular formula is C29H23BrN4O2S. The molecule has 6 nitrogen and oxygen atoms in total. The van der Waals surface area contributed by atoms with Crippen LogP contribution >= 0.6 is 27.7 Å². The van der Waals surface area contributed by atoms with Crippen molar-refractivity contribution >= 4 is 39.3 Å². The van der Waals surface area contributed by atoms with E-state index in [9.17, 15) is 4.79 Å². The number of carbonyl (C=O) groups excluding carboxylic acids is 1. The quantitative estimate of drug-likeness (QED) is 0.193. The second-order valence-electron chi connectivity index (χ2n) is 8.12. The molecule has 1 N–H and O–H groups in total. The molecule has 0 radical (unpaired) electrons. The normalized spacial score (nSPS) is 10.7. The van der Waals surface area contributed by atoms with Crippen LogP contribution in [0.25, 0.3) is 17.1 Å². The van der Waals surface area contributed by atoms with E-state index in [0.717, 1.165) is 27.0 Å². The van der Waals surface area contributed by atoms with E-state index in [0.29, 0.717) is 23.3 Å². The first-order valence-electron chi connectivity index (χ1n) is 11.6. The van der Waals surface area contributed by atoms with Crippen LogP contribution in [0.4, 0.5) is 5.69 Å². The third-order valence-corrected chi connectivity index (χ3v) is 6.93. The lowest BCUT2D eigenvalue weighted by Gasteiger charge is -2.11. The Bertz CT molecular complexity index is 1460. The van der Waals surface area contributed by atoms with Gasteiger partial charge in [-0.1, -0.05) is 88.4 Å². The average molecular weight is 572 g/mol. The van der Waals surface area contributed by atoms with Crippen molar-refractivity contribution < 1.29 is 9.53 Å². The first-order valence-corrected chi connectivity index (χ1v) is 13.4. The van der Waals surface area contributed by atoms with Crippen molar-refractivity contribution in [3.8, 4) is 22.8 Å². The smallest absolute Gasteiger partial charge is 0.234 e. The molecule has 5 rings (SSSR count). The van der Waals surface area contributed by atoms with E-state index in [1.165, 1.54) is 11.8 Å². The lowest BCUT2D eigenvalue weighted by Crippen LogP contribution is -2.14. The summed E-state index contributed by atoms with van der Waals surface area (Å²) in [7, 11) is 0. The predicted molar refractivity (Wildman–Crippen MR) is 151 cm³/mol. The monoisotopic (exact) mass is 570 g/mol. The van der Waals surface area contributed by atoms with Gasteiger partial charge in [0.05, 0.1) is 5.75 Å². The number of hydrogen-bond donors (Lipinski definition) is 1. The van der Waals surface area contributed by atoms with Crippen LogP contribution in [-0.2, 0) is 11.4 Å². The highest BCUT2D eigenvalue weighted by molar-refractivity contribution is 9.10. The molecule has 0 aliphatic rings. The summed E-state index contributed by atoms with van der Waals surface area (Å²) in [6.45, 7) is 0.494. The van der Waals surface area contributed by atoms with Crippen LogP contribution in [0.3, 0.4) is 0 Å². The SMILES string of the molecule is O=C(CSc1nnc(-c2ccc(Br)cc2)n1-c1ccccc1)Nc1ccc(OCc2ccccc2)cc1. The van der Waals surface area contributed by atoms with Crippen LogP contribution in [-0.4, -0.2) is 26.4 Å². The lowest BCUT2D eigenvalue weighted by molar-refractivity contribution is -0.113. The molecule has 1 heterocycles. The lowest BCUT2D eigenvalue weighted by atomic mass is 10.2. The molecule has 184 valence electrons. The fraction of sp³-hybridized carbons (Fsp3) is 0.0690. The molecule has 0 saturated carbocycles. The standard InChI is InChI=1S/C29H23BrN4O2S/c30-23-13-11-22(12-14-23)28-32-33-29(34(28)25-9-5-2-6-10-25)37-20-27(35)31-24-15-17-26(18-16-24)36-19-21-7-3-1-4-8-21/h1-18H,19-20H2,(H,31,35). The fourth-order valence-corrected chi connectivity index (χ4v) is 4.68. The maximum atomic E-state index is 12.7. The van der Waals surface area contributed by atoms with Crippen molar-refractivity contribution in [2.75, 3.05) is 11.1 Å². The summed E-state index contributed by atoms with van der Waals surface area (Å²) >= 11 is 4.82. The number of amides is 1. The first kappa shape index (κ1) is 24.8. The highest BCUT2D eigenvalue weighted by Gasteiger charge is 2.17. The van der Waals surface area contributed by atoms with Gasteiger partial charge in [-0.25, -0.2) is 0 Å². The average Bonchev–Trinajstić information content (AvgIpc) is 3.37. The van der Waals surface area contributed by atoms with Crippen molar-refractivity contribution in [2.45, 2.75) is 11.8 Å². The third-order valence-electron chi connectivity index (χ3n) is 5.47. The van der Waals surface area contributed by atoms with Gasteiger partial charge >= 0.3 is 0 Å². The molecule has 0 bridgehead atoms. The Morgan fingerprint density at radius 1 is 0.838 bits per heavy atom. The third kappa shape index (κ3) is 6.47. The van der Waals surface area contributed by atoms with Crippen molar-refractivity contribution in [1.29, 1.82) is 0 Å². The number of thioether (sulfide) groups is 1. The van der Waals surface area contributed by atoms with E-state index < -0.39 is 0 Å². The Morgan fingerprint density at radius 3 is 2.22 bits per heavy atom. The summed E-state index contributed by atoms with van der Waals surface area (Å²) in [5.41, 5.74) is 3.67. The number of halogens is 1. The van der Waals surface area contributed by atoms with Gasteiger partial charge in [0.1, 0.15) is 12.4 Å². The minimum absolute atomic E-state index is 0.129. The van der Waals surface area contributed by atoms with Gasteiger partial charge in [-0.3, -0.25) is 9.36 Å². The number of benzene rings is 4. The second-order valence-corrected chi connectivity index (χ2v) is 9.98. The Labute approximate surface area is 227 Å². The summed E-state index contributed by atoms with van der Waals surface area (Å²) < 4.78 is 8.78. The zero-order chi connectivity index (χ0) is 25.5. The van der Waals surface area contributed by atoms with Crippen LogP contribution in [0.15, 0.2) is 119 Å². The van der Waals surface area contributed by atoms with Gasteiger partial charge in [0.2, 0.25) is 5.91 Å². The zero-order valence-electron chi connectivity index (χ0n) is 19.8. The number of nitrogens with zero attached hydrogens (tertiary/aromatic N) is 3. The number of anilines is 1. The van der Waals surface area contributed by atoms with Crippen LogP contribution in [0.2, 0.25) is 0 Å². The van der Waals surface area contributed by atoms with Crippen molar-refractivity contribution in [1.82, 2.24) is 14.8 Å². The van der Waals surface area contributed by atoms with E-state index in [-0.39, 0.29) is 11.7 Å². The van der Waals surface area contributed by atoms with Crippen LogP contribution in [0, 0.1) is 0 Å². The minimum atomic E-state index is -0.129. The molecule has 0 spiro atoms. The number of ether oxygens (including phenoxy) is 1. The number of aromatic nitrogens is 3. The summed E-state index contributed by atoms with van der Waals surface area (Å²) in [6, 6.07) is 35.2. The Balaban J connectivity index is 1.24. The fourth-order valence-electron chi connectivity index (χ4n) is 3.66. The summed E-state index contributed by atoms with van der Waals surface area (Å²) in [4.78, 5) is 12.7. The summed E-state index contributed by atoms with van der Waals surface area (Å²) in [5, 5.41) is 12.4. The molecular weight excluding hydrogens is 548 g/mol. The van der Waals surface area contributed by atoms with Gasteiger partial charge in [-0.15, -0.1) is 10.2 Å². The van der Waals surface area contributed by atoms with Crippen molar-refractivity contribution in [3.05, 3.63) is 119 Å². The number of rotatable bonds is 9. The minimum Gasteiger partial charge on any atom is -0.489 e.